The second kappa shape index (κ2) is 7.13. The van der Waals surface area contributed by atoms with Crippen LogP contribution in [0.5, 0.6) is 0 Å². The Bertz CT molecular complexity index is 821. The first-order valence-corrected chi connectivity index (χ1v) is 8.00. The third kappa shape index (κ3) is 3.71. The van der Waals surface area contributed by atoms with Gasteiger partial charge < -0.3 is 9.73 Å². The van der Waals surface area contributed by atoms with Crippen LogP contribution in [-0.2, 0) is 6.42 Å². The number of rotatable bonds is 5. The standard InChI is InChI=1S/C20H20N2O2/c1-14-8-10-16(11-9-14)19(23)21-13-12-18-15(2)24-20(22-18)17-6-4-3-5-7-17/h3-11H,12-13H2,1-2H3,(H,21,23). The summed E-state index contributed by atoms with van der Waals surface area (Å²) in [5.41, 5.74) is 3.63. The lowest BCUT2D eigenvalue weighted by atomic mass is 10.1. The zero-order valence-electron chi connectivity index (χ0n) is 13.9. The van der Waals surface area contributed by atoms with Gasteiger partial charge >= 0.3 is 0 Å². The Morgan fingerprint density at radius 1 is 1.04 bits per heavy atom. The van der Waals surface area contributed by atoms with Gasteiger partial charge in [0.25, 0.3) is 5.91 Å². The first-order chi connectivity index (χ1) is 11.6. The molecule has 3 rings (SSSR count). The van der Waals surface area contributed by atoms with Gasteiger partial charge in [-0.1, -0.05) is 35.9 Å². The van der Waals surface area contributed by atoms with E-state index in [0.29, 0.717) is 24.4 Å². The molecule has 1 aromatic heterocycles. The van der Waals surface area contributed by atoms with E-state index in [0.717, 1.165) is 22.6 Å². The molecular weight excluding hydrogens is 300 g/mol. The first kappa shape index (κ1) is 16.0. The average molecular weight is 320 g/mol. The number of carbonyl (C=O) groups excluding carboxylic acids is 1. The molecule has 0 radical (unpaired) electrons. The van der Waals surface area contributed by atoms with Crippen molar-refractivity contribution >= 4 is 5.91 Å². The fourth-order valence-electron chi connectivity index (χ4n) is 2.47. The summed E-state index contributed by atoms with van der Waals surface area (Å²) in [7, 11) is 0. The SMILES string of the molecule is Cc1ccc(C(=O)NCCc2nc(-c3ccccc3)oc2C)cc1. The van der Waals surface area contributed by atoms with Crippen LogP contribution in [0.4, 0.5) is 0 Å². The number of oxazole rings is 1. The Balaban J connectivity index is 1.60. The molecule has 0 saturated carbocycles. The van der Waals surface area contributed by atoms with Gasteiger partial charge in [-0.25, -0.2) is 4.98 Å². The van der Waals surface area contributed by atoms with Crippen LogP contribution in [0.2, 0.25) is 0 Å². The number of benzene rings is 2. The van der Waals surface area contributed by atoms with Crippen molar-refractivity contribution in [2.75, 3.05) is 6.54 Å². The van der Waals surface area contributed by atoms with Crippen LogP contribution in [0.1, 0.15) is 27.4 Å². The van der Waals surface area contributed by atoms with Crippen molar-refractivity contribution < 1.29 is 9.21 Å². The summed E-state index contributed by atoms with van der Waals surface area (Å²) in [6.45, 7) is 4.42. The first-order valence-electron chi connectivity index (χ1n) is 8.00. The molecule has 0 aliphatic heterocycles. The molecule has 0 atom stereocenters. The van der Waals surface area contributed by atoms with E-state index in [9.17, 15) is 4.79 Å². The van der Waals surface area contributed by atoms with Crippen LogP contribution in [0, 0.1) is 13.8 Å². The number of hydrogen-bond acceptors (Lipinski definition) is 3. The minimum atomic E-state index is -0.0700. The summed E-state index contributed by atoms with van der Waals surface area (Å²) < 4.78 is 5.73. The molecule has 0 aliphatic rings. The third-order valence-corrected chi connectivity index (χ3v) is 3.87. The molecule has 0 bridgehead atoms. The number of carbonyl (C=O) groups is 1. The summed E-state index contributed by atoms with van der Waals surface area (Å²) >= 11 is 0. The highest BCUT2D eigenvalue weighted by atomic mass is 16.4. The summed E-state index contributed by atoms with van der Waals surface area (Å²) in [6.07, 6.45) is 0.639. The normalized spacial score (nSPS) is 10.6. The Morgan fingerprint density at radius 2 is 1.75 bits per heavy atom. The van der Waals surface area contributed by atoms with E-state index in [2.05, 4.69) is 10.3 Å². The molecule has 2 aromatic carbocycles. The fourth-order valence-corrected chi connectivity index (χ4v) is 2.47. The van der Waals surface area contributed by atoms with Gasteiger partial charge in [0.2, 0.25) is 5.89 Å². The van der Waals surface area contributed by atoms with Crippen molar-refractivity contribution in [1.29, 1.82) is 0 Å². The predicted molar refractivity (Wildman–Crippen MR) is 93.9 cm³/mol. The topological polar surface area (TPSA) is 55.1 Å². The third-order valence-electron chi connectivity index (χ3n) is 3.87. The van der Waals surface area contributed by atoms with Crippen LogP contribution in [-0.4, -0.2) is 17.4 Å². The minimum absolute atomic E-state index is 0.0700. The molecule has 0 unspecified atom stereocenters. The largest absolute Gasteiger partial charge is 0.441 e. The number of nitrogens with zero attached hydrogens (tertiary/aromatic N) is 1. The second-order valence-corrected chi connectivity index (χ2v) is 5.76. The fraction of sp³-hybridized carbons (Fsp3) is 0.200. The molecule has 0 spiro atoms. The van der Waals surface area contributed by atoms with E-state index >= 15 is 0 Å². The van der Waals surface area contributed by atoms with Gasteiger partial charge in [-0.15, -0.1) is 0 Å². The lowest BCUT2D eigenvalue weighted by Crippen LogP contribution is -2.25. The highest BCUT2D eigenvalue weighted by Crippen LogP contribution is 2.21. The molecule has 122 valence electrons. The Hall–Kier alpha value is -2.88. The average Bonchev–Trinajstić information content (AvgIpc) is 2.97. The lowest BCUT2D eigenvalue weighted by Gasteiger charge is -2.04. The van der Waals surface area contributed by atoms with E-state index in [1.165, 1.54) is 0 Å². The number of aromatic nitrogens is 1. The van der Waals surface area contributed by atoms with Crippen molar-refractivity contribution in [3.63, 3.8) is 0 Å². The van der Waals surface area contributed by atoms with Gasteiger partial charge in [0, 0.05) is 24.1 Å². The van der Waals surface area contributed by atoms with Crippen molar-refractivity contribution in [3.8, 4) is 11.5 Å². The van der Waals surface area contributed by atoms with Crippen molar-refractivity contribution in [2.24, 2.45) is 0 Å². The Labute approximate surface area is 141 Å². The zero-order valence-corrected chi connectivity index (χ0v) is 13.9. The summed E-state index contributed by atoms with van der Waals surface area (Å²) in [4.78, 5) is 16.6. The highest BCUT2D eigenvalue weighted by Gasteiger charge is 2.11. The maximum Gasteiger partial charge on any atom is 0.251 e. The molecule has 4 nitrogen and oxygen atoms in total. The summed E-state index contributed by atoms with van der Waals surface area (Å²) in [5.74, 6) is 1.34. The Kier molecular flexibility index (Phi) is 4.75. The molecule has 0 fully saturated rings. The maximum atomic E-state index is 12.1. The van der Waals surface area contributed by atoms with Crippen molar-refractivity contribution in [1.82, 2.24) is 10.3 Å². The van der Waals surface area contributed by atoms with E-state index in [-0.39, 0.29) is 5.91 Å². The smallest absolute Gasteiger partial charge is 0.251 e. The van der Waals surface area contributed by atoms with Gasteiger partial charge in [-0.2, -0.15) is 0 Å². The van der Waals surface area contributed by atoms with Crippen LogP contribution >= 0.6 is 0 Å². The Morgan fingerprint density at radius 3 is 2.46 bits per heavy atom. The lowest BCUT2D eigenvalue weighted by molar-refractivity contribution is 0.0954. The minimum Gasteiger partial charge on any atom is -0.441 e. The zero-order chi connectivity index (χ0) is 16.9. The van der Waals surface area contributed by atoms with Gasteiger partial charge in [0.05, 0.1) is 5.69 Å². The van der Waals surface area contributed by atoms with Crippen molar-refractivity contribution in [3.05, 3.63) is 77.2 Å². The number of aryl methyl sites for hydroxylation is 2. The number of amides is 1. The van der Waals surface area contributed by atoms with Crippen LogP contribution in [0.3, 0.4) is 0 Å². The quantitative estimate of drug-likeness (QED) is 0.775. The van der Waals surface area contributed by atoms with Gasteiger partial charge in [0.15, 0.2) is 0 Å². The maximum absolute atomic E-state index is 12.1. The van der Waals surface area contributed by atoms with E-state index in [1.54, 1.807) is 0 Å². The predicted octanol–water partition coefficient (Wildman–Crippen LogP) is 3.93. The molecule has 1 heterocycles. The summed E-state index contributed by atoms with van der Waals surface area (Å²) in [6, 6.07) is 17.3. The second-order valence-electron chi connectivity index (χ2n) is 5.76. The highest BCUT2D eigenvalue weighted by molar-refractivity contribution is 5.94. The van der Waals surface area contributed by atoms with Crippen LogP contribution < -0.4 is 5.32 Å². The van der Waals surface area contributed by atoms with Gasteiger partial charge in [0.1, 0.15) is 5.76 Å². The summed E-state index contributed by atoms with van der Waals surface area (Å²) in [5, 5.41) is 2.92. The molecule has 4 heteroatoms. The van der Waals surface area contributed by atoms with Crippen molar-refractivity contribution in [2.45, 2.75) is 20.3 Å². The molecular formula is C20H20N2O2. The van der Waals surface area contributed by atoms with Crippen LogP contribution in [0.25, 0.3) is 11.5 Å². The van der Waals surface area contributed by atoms with Gasteiger partial charge in [-0.05, 0) is 38.1 Å². The molecule has 1 amide bonds. The molecule has 0 saturated heterocycles. The monoisotopic (exact) mass is 320 g/mol. The van der Waals surface area contributed by atoms with E-state index in [1.807, 2.05) is 68.4 Å². The molecule has 1 N–H and O–H groups in total. The molecule has 0 aliphatic carbocycles. The van der Waals surface area contributed by atoms with Crippen LogP contribution in [0.15, 0.2) is 59.0 Å². The molecule has 3 aromatic rings. The van der Waals surface area contributed by atoms with E-state index < -0.39 is 0 Å². The van der Waals surface area contributed by atoms with E-state index in [4.69, 9.17) is 4.42 Å². The molecule has 24 heavy (non-hydrogen) atoms. The number of hydrogen-bond donors (Lipinski definition) is 1. The number of nitrogens with one attached hydrogen (secondary N) is 1. The van der Waals surface area contributed by atoms with Gasteiger partial charge in [-0.3, -0.25) is 4.79 Å².